The van der Waals surface area contributed by atoms with Gasteiger partial charge in [0.2, 0.25) is 0 Å². The van der Waals surface area contributed by atoms with Crippen LogP contribution in [0.2, 0.25) is 0 Å². The summed E-state index contributed by atoms with van der Waals surface area (Å²) in [5.41, 5.74) is 3.50. The molecule has 0 fully saturated rings. The second-order valence-corrected chi connectivity index (χ2v) is 4.34. The maximum atomic E-state index is 2.25. The van der Waals surface area contributed by atoms with Crippen LogP contribution in [0.25, 0.3) is 0 Å². The monoisotopic (exact) mass is 373 g/mol. The number of rotatable bonds is 3. The van der Waals surface area contributed by atoms with E-state index in [2.05, 4.69) is 77.7 Å². The summed E-state index contributed by atoms with van der Waals surface area (Å²) >= 11 is 0. The van der Waals surface area contributed by atoms with Crippen LogP contribution in [0.5, 0.6) is 0 Å². The Hall–Kier alpha value is -1.81. The van der Waals surface area contributed by atoms with Crippen molar-refractivity contribution in [3.05, 3.63) is 91.0 Å². The van der Waals surface area contributed by atoms with Crippen LogP contribution in [0.4, 0.5) is 17.1 Å². The van der Waals surface area contributed by atoms with E-state index in [1.165, 1.54) is 17.1 Å². The van der Waals surface area contributed by atoms with E-state index >= 15 is 0 Å². The van der Waals surface area contributed by atoms with Gasteiger partial charge in [-0.05, 0) is 36.4 Å². The Balaban J connectivity index is 0.00000147. The van der Waals surface area contributed by atoms with Crippen molar-refractivity contribution in [2.45, 2.75) is 0 Å². The molecule has 3 rings (SSSR count). The molecule has 100 valence electrons. The zero-order valence-corrected chi connectivity index (χ0v) is 13.3. The average Bonchev–Trinajstić information content (AvgIpc) is 2.51. The minimum atomic E-state index is 0. The number of benzene rings is 3. The molecule has 1 nitrogen and oxygen atoms in total. The predicted octanol–water partition coefficient (Wildman–Crippen LogP) is 5.77. The molecular formula is C18H16IN. The second kappa shape index (κ2) is 7.10. The third-order valence-corrected chi connectivity index (χ3v) is 3.04. The fourth-order valence-corrected chi connectivity index (χ4v) is 2.18. The first-order valence-corrected chi connectivity index (χ1v) is 6.40. The van der Waals surface area contributed by atoms with Gasteiger partial charge in [0.05, 0.1) is 0 Å². The van der Waals surface area contributed by atoms with E-state index in [0.29, 0.717) is 0 Å². The lowest BCUT2D eigenvalue weighted by Crippen LogP contribution is -2.09. The van der Waals surface area contributed by atoms with E-state index in [9.17, 15) is 0 Å². The second-order valence-electron chi connectivity index (χ2n) is 4.34. The number of nitrogens with zero attached hydrogens (tertiary/aromatic N) is 1. The van der Waals surface area contributed by atoms with Gasteiger partial charge < -0.3 is 4.90 Å². The van der Waals surface area contributed by atoms with Crippen LogP contribution in [-0.2, 0) is 0 Å². The van der Waals surface area contributed by atoms with Gasteiger partial charge in [0, 0.05) is 17.1 Å². The molecule has 0 aliphatic heterocycles. The standard InChI is InChI=1S/C18H15N.HI/c1-4-10-16(11-5-1)19(17-12-6-2-7-13-17)18-14-8-3-9-15-18;/h1-15H;1H. The predicted molar refractivity (Wildman–Crippen MR) is 96.5 cm³/mol. The van der Waals surface area contributed by atoms with Gasteiger partial charge in [-0.15, -0.1) is 24.0 Å². The molecule has 0 aromatic heterocycles. The molecule has 0 saturated heterocycles. The summed E-state index contributed by atoms with van der Waals surface area (Å²) in [6.45, 7) is 0. The largest absolute Gasteiger partial charge is 0.311 e. The summed E-state index contributed by atoms with van der Waals surface area (Å²) in [6.07, 6.45) is 0. The molecule has 0 spiro atoms. The minimum absolute atomic E-state index is 0. The Labute approximate surface area is 136 Å². The van der Waals surface area contributed by atoms with Gasteiger partial charge in [0.15, 0.2) is 0 Å². The van der Waals surface area contributed by atoms with Crippen LogP contribution in [-0.4, -0.2) is 0 Å². The van der Waals surface area contributed by atoms with E-state index in [0.717, 1.165) is 0 Å². The van der Waals surface area contributed by atoms with Crippen LogP contribution in [0, 0.1) is 0 Å². The SMILES string of the molecule is I.c1ccc(N(c2ccccc2)c2ccccc2)cc1. The molecule has 0 radical (unpaired) electrons. The van der Waals surface area contributed by atoms with Crippen molar-refractivity contribution in [2.24, 2.45) is 0 Å². The number of hydrogen-bond donors (Lipinski definition) is 0. The first-order valence-electron chi connectivity index (χ1n) is 6.40. The summed E-state index contributed by atoms with van der Waals surface area (Å²) in [6, 6.07) is 31.3. The fraction of sp³-hybridized carbons (Fsp3) is 0. The van der Waals surface area contributed by atoms with Crippen LogP contribution in [0.3, 0.4) is 0 Å². The van der Waals surface area contributed by atoms with Gasteiger partial charge in [-0.3, -0.25) is 0 Å². The lowest BCUT2D eigenvalue weighted by molar-refractivity contribution is 1.28. The zero-order chi connectivity index (χ0) is 12.9. The summed E-state index contributed by atoms with van der Waals surface area (Å²) in [7, 11) is 0. The average molecular weight is 373 g/mol. The summed E-state index contributed by atoms with van der Waals surface area (Å²) in [4.78, 5) is 2.25. The summed E-state index contributed by atoms with van der Waals surface area (Å²) in [5, 5.41) is 0. The van der Waals surface area contributed by atoms with E-state index < -0.39 is 0 Å². The zero-order valence-electron chi connectivity index (χ0n) is 11.0. The summed E-state index contributed by atoms with van der Waals surface area (Å²) in [5.74, 6) is 0. The first kappa shape index (κ1) is 14.6. The third-order valence-electron chi connectivity index (χ3n) is 3.04. The smallest absolute Gasteiger partial charge is 0.0461 e. The molecule has 0 saturated carbocycles. The minimum Gasteiger partial charge on any atom is -0.311 e. The molecule has 0 heterocycles. The van der Waals surface area contributed by atoms with Crippen molar-refractivity contribution < 1.29 is 0 Å². The molecule has 0 aliphatic rings. The molecule has 0 amide bonds. The van der Waals surface area contributed by atoms with Crippen molar-refractivity contribution in [2.75, 3.05) is 4.90 Å². The Morgan fingerprint density at radius 3 is 0.900 bits per heavy atom. The Kier molecular flexibility index (Phi) is 5.18. The molecule has 0 N–H and O–H groups in total. The van der Waals surface area contributed by atoms with Crippen molar-refractivity contribution in [3.63, 3.8) is 0 Å². The highest BCUT2D eigenvalue weighted by Crippen LogP contribution is 2.33. The van der Waals surface area contributed by atoms with Crippen molar-refractivity contribution >= 4 is 41.0 Å². The molecular weight excluding hydrogens is 357 g/mol. The number of para-hydroxylation sites is 3. The number of hydrogen-bond acceptors (Lipinski definition) is 1. The van der Waals surface area contributed by atoms with Crippen LogP contribution >= 0.6 is 24.0 Å². The Morgan fingerprint density at radius 1 is 0.400 bits per heavy atom. The van der Waals surface area contributed by atoms with Crippen molar-refractivity contribution in [1.29, 1.82) is 0 Å². The van der Waals surface area contributed by atoms with Gasteiger partial charge in [0.25, 0.3) is 0 Å². The lowest BCUT2D eigenvalue weighted by Gasteiger charge is -2.25. The van der Waals surface area contributed by atoms with Crippen LogP contribution in [0.1, 0.15) is 0 Å². The maximum absolute atomic E-state index is 2.25. The fourth-order valence-electron chi connectivity index (χ4n) is 2.18. The van der Waals surface area contributed by atoms with E-state index in [1.807, 2.05) is 18.2 Å². The normalized spacial score (nSPS) is 9.60. The van der Waals surface area contributed by atoms with Gasteiger partial charge in [0.1, 0.15) is 0 Å². The molecule has 20 heavy (non-hydrogen) atoms. The van der Waals surface area contributed by atoms with Gasteiger partial charge >= 0.3 is 0 Å². The van der Waals surface area contributed by atoms with E-state index in [-0.39, 0.29) is 24.0 Å². The van der Waals surface area contributed by atoms with Crippen LogP contribution < -0.4 is 4.90 Å². The maximum Gasteiger partial charge on any atom is 0.0461 e. The highest BCUT2D eigenvalue weighted by Gasteiger charge is 2.10. The van der Waals surface area contributed by atoms with Crippen molar-refractivity contribution in [3.8, 4) is 0 Å². The highest BCUT2D eigenvalue weighted by atomic mass is 127. The number of halogens is 1. The van der Waals surface area contributed by atoms with Crippen LogP contribution in [0.15, 0.2) is 91.0 Å². The van der Waals surface area contributed by atoms with E-state index in [4.69, 9.17) is 0 Å². The Morgan fingerprint density at radius 2 is 0.650 bits per heavy atom. The van der Waals surface area contributed by atoms with Gasteiger partial charge in [-0.25, -0.2) is 0 Å². The molecule has 0 bridgehead atoms. The molecule has 3 aromatic rings. The first-order chi connectivity index (χ1) is 9.45. The molecule has 0 unspecified atom stereocenters. The Bertz CT molecular complexity index is 529. The van der Waals surface area contributed by atoms with Gasteiger partial charge in [-0.1, -0.05) is 54.6 Å². The molecule has 0 atom stereocenters. The molecule has 3 aromatic carbocycles. The summed E-state index contributed by atoms with van der Waals surface area (Å²) < 4.78 is 0. The molecule has 2 heteroatoms. The highest BCUT2D eigenvalue weighted by molar-refractivity contribution is 14.0. The number of anilines is 3. The topological polar surface area (TPSA) is 3.24 Å². The third kappa shape index (κ3) is 3.20. The van der Waals surface area contributed by atoms with E-state index in [1.54, 1.807) is 0 Å². The quantitative estimate of drug-likeness (QED) is 0.527. The lowest BCUT2D eigenvalue weighted by atomic mass is 10.2. The van der Waals surface area contributed by atoms with Gasteiger partial charge in [-0.2, -0.15) is 0 Å². The van der Waals surface area contributed by atoms with Crippen molar-refractivity contribution in [1.82, 2.24) is 0 Å². The molecule has 0 aliphatic carbocycles.